The summed E-state index contributed by atoms with van der Waals surface area (Å²) in [5.74, 6) is 0.641. The van der Waals surface area contributed by atoms with Crippen LogP contribution in [-0.4, -0.2) is 62.6 Å². The van der Waals surface area contributed by atoms with Gasteiger partial charge in [0.2, 0.25) is 0 Å². The van der Waals surface area contributed by atoms with Crippen LogP contribution < -0.4 is 0 Å². The number of thioether (sulfide) groups is 1. The fourth-order valence-corrected chi connectivity index (χ4v) is 2.63. The van der Waals surface area contributed by atoms with Gasteiger partial charge in [0.05, 0.1) is 13.2 Å². The van der Waals surface area contributed by atoms with E-state index in [1.54, 1.807) is 0 Å². The minimum Gasteiger partial charge on any atom is -0.394 e. The first kappa shape index (κ1) is 12.2. The first-order chi connectivity index (χ1) is 6.61. The zero-order valence-electron chi connectivity index (χ0n) is 7.96. The van der Waals surface area contributed by atoms with Crippen LogP contribution in [0.4, 0.5) is 0 Å². The van der Waals surface area contributed by atoms with Gasteiger partial charge in [-0.25, -0.2) is 0 Å². The summed E-state index contributed by atoms with van der Waals surface area (Å²) in [5.41, 5.74) is 0. The van der Waals surface area contributed by atoms with Crippen LogP contribution in [0.25, 0.3) is 0 Å². The third kappa shape index (κ3) is 1.91. The first-order valence-electron chi connectivity index (χ1n) is 4.51. The lowest BCUT2D eigenvalue weighted by atomic mass is 10.1. The molecule has 5 nitrogen and oxygen atoms in total. The van der Waals surface area contributed by atoms with E-state index in [0.717, 1.165) is 0 Å². The molecule has 1 saturated heterocycles. The zero-order valence-corrected chi connectivity index (χ0v) is 8.78. The van der Waals surface area contributed by atoms with Gasteiger partial charge in [0, 0.05) is 0 Å². The second-order valence-electron chi connectivity index (χ2n) is 3.18. The van der Waals surface area contributed by atoms with E-state index in [-0.39, 0.29) is 13.2 Å². The van der Waals surface area contributed by atoms with Crippen LogP contribution >= 0.6 is 11.8 Å². The van der Waals surface area contributed by atoms with Gasteiger partial charge in [-0.1, -0.05) is 6.92 Å². The summed E-state index contributed by atoms with van der Waals surface area (Å²) in [6.45, 7) is 1.10. The van der Waals surface area contributed by atoms with Crippen LogP contribution in [0, 0.1) is 0 Å². The Bertz CT molecular complexity index is 191. The zero-order chi connectivity index (χ0) is 10.8. The van der Waals surface area contributed by atoms with Gasteiger partial charge < -0.3 is 25.2 Å². The highest BCUT2D eigenvalue weighted by Crippen LogP contribution is 2.39. The lowest BCUT2D eigenvalue weighted by Gasteiger charge is -2.28. The molecule has 0 saturated carbocycles. The van der Waals surface area contributed by atoms with Crippen molar-refractivity contribution in [2.24, 2.45) is 0 Å². The number of ether oxygens (including phenoxy) is 1. The van der Waals surface area contributed by atoms with Gasteiger partial charge in [-0.05, 0) is 5.75 Å². The van der Waals surface area contributed by atoms with E-state index in [0.29, 0.717) is 5.75 Å². The summed E-state index contributed by atoms with van der Waals surface area (Å²) >= 11 is 1.22. The molecule has 84 valence electrons. The quantitative estimate of drug-likeness (QED) is 0.467. The Hall–Kier alpha value is 0.150. The Labute approximate surface area is 86.7 Å². The molecule has 0 radical (unpaired) electrons. The van der Waals surface area contributed by atoms with E-state index in [1.807, 2.05) is 6.92 Å². The van der Waals surface area contributed by atoms with Crippen LogP contribution in [0.15, 0.2) is 0 Å². The van der Waals surface area contributed by atoms with Crippen molar-refractivity contribution in [3.8, 4) is 0 Å². The predicted molar refractivity (Wildman–Crippen MR) is 51.9 cm³/mol. The molecule has 1 heterocycles. The summed E-state index contributed by atoms with van der Waals surface area (Å²) in [6, 6.07) is 0. The molecule has 1 aliphatic heterocycles. The third-order valence-electron chi connectivity index (χ3n) is 2.29. The Balaban J connectivity index is 2.78. The average Bonchev–Trinajstić information content (AvgIpc) is 2.44. The number of aliphatic hydroxyl groups excluding tert-OH is 4. The maximum Gasteiger partial charge on any atom is 0.165 e. The monoisotopic (exact) mass is 224 g/mol. The number of rotatable bonds is 4. The molecule has 1 fully saturated rings. The lowest BCUT2D eigenvalue weighted by Crippen LogP contribution is -2.43. The predicted octanol–water partition coefficient (Wildman–Crippen LogP) is -1.46. The molecule has 4 N–H and O–H groups in total. The molecular formula is C8H16O5S. The average molecular weight is 224 g/mol. The van der Waals surface area contributed by atoms with Gasteiger partial charge in [0.1, 0.15) is 18.3 Å². The first-order valence-corrected chi connectivity index (χ1v) is 5.49. The van der Waals surface area contributed by atoms with Gasteiger partial charge in [-0.15, -0.1) is 11.8 Å². The van der Waals surface area contributed by atoms with Gasteiger partial charge in [0.25, 0.3) is 0 Å². The van der Waals surface area contributed by atoms with Crippen molar-refractivity contribution in [1.82, 2.24) is 0 Å². The maximum absolute atomic E-state index is 9.67. The highest BCUT2D eigenvalue weighted by molar-refractivity contribution is 8.00. The molecular weight excluding hydrogens is 208 g/mol. The number of aliphatic hydroxyl groups is 4. The normalized spacial score (nSPS) is 43.1. The van der Waals surface area contributed by atoms with Gasteiger partial charge in [-0.3, -0.25) is 0 Å². The molecule has 6 heteroatoms. The minimum absolute atomic E-state index is 0.371. The largest absolute Gasteiger partial charge is 0.394 e. The molecule has 0 aliphatic carbocycles. The van der Waals surface area contributed by atoms with Crippen LogP contribution in [0.1, 0.15) is 6.92 Å². The van der Waals surface area contributed by atoms with Crippen LogP contribution in [0.2, 0.25) is 0 Å². The Morgan fingerprint density at radius 2 is 2.00 bits per heavy atom. The molecule has 14 heavy (non-hydrogen) atoms. The molecule has 0 spiro atoms. The van der Waals surface area contributed by atoms with Crippen molar-refractivity contribution in [1.29, 1.82) is 0 Å². The van der Waals surface area contributed by atoms with Gasteiger partial charge in [-0.2, -0.15) is 0 Å². The van der Waals surface area contributed by atoms with Crippen molar-refractivity contribution < 1.29 is 25.2 Å². The van der Waals surface area contributed by atoms with Crippen LogP contribution in [0.5, 0.6) is 0 Å². The van der Waals surface area contributed by atoms with E-state index in [2.05, 4.69) is 0 Å². The molecule has 1 rings (SSSR count). The van der Waals surface area contributed by atoms with Crippen molar-refractivity contribution in [2.75, 3.05) is 19.0 Å². The highest BCUT2D eigenvalue weighted by Gasteiger charge is 2.53. The molecule has 4 atom stereocenters. The molecule has 0 amide bonds. The van der Waals surface area contributed by atoms with E-state index in [4.69, 9.17) is 14.9 Å². The number of hydrogen-bond acceptors (Lipinski definition) is 6. The van der Waals surface area contributed by atoms with E-state index in [9.17, 15) is 10.2 Å². The van der Waals surface area contributed by atoms with Crippen LogP contribution in [0.3, 0.4) is 0 Å². The summed E-state index contributed by atoms with van der Waals surface area (Å²) in [5, 5.41) is 37.2. The van der Waals surface area contributed by atoms with E-state index < -0.39 is 23.2 Å². The van der Waals surface area contributed by atoms with Crippen molar-refractivity contribution in [2.45, 2.75) is 30.2 Å². The summed E-state index contributed by atoms with van der Waals surface area (Å²) < 4.78 is 5.28. The van der Waals surface area contributed by atoms with Gasteiger partial charge in [0.15, 0.2) is 4.93 Å². The fraction of sp³-hybridized carbons (Fsp3) is 1.00. The fourth-order valence-electron chi connectivity index (χ4n) is 1.54. The molecule has 0 unspecified atom stereocenters. The molecule has 1 aliphatic rings. The smallest absolute Gasteiger partial charge is 0.165 e. The summed E-state index contributed by atoms with van der Waals surface area (Å²) in [4.78, 5) is -1.19. The molecule has 0 aromatic rings. The highest BCUT2D eigenvalue weighted by atomic mass is 32.2. The topological polar surface area (TPSA) is 90.2 Å². The van der Waals surface area contributed by atoms with Crippen molar-refractivity contribution in [3.05, 3.63) is 0 Å². The van der Waals surface area contributed by atoms with E-state index >= 15 is 0 Å². The molecule has 0 aromatic heterocycles. The maximum atomic E-state index is 9.67. The Morgan fingerprint density at radius 1 is 1.36 bits per heavy atom. The second-order valence-corrected chi connectivity index (χ2v) is 4.73. The number of hydrogen-bond donors (Lipinski definition) is 4. The molecule has 0 bridgehead atoms. The Kier molecular flexibility index (Phi) is 4.17. The standard InChI is InChI=1S/C8H16O5S/c1-2-14-8(4-10)7(12)6(11)5(3-9)13-8/h5-7,9-12H,2-4H2,1H3/t5-,6-,7+,8-/m1/s1. The third-order valence-corrected chi connectivity index (χ3v) is 3.54. The lowest BCUT2D eigenvalue weighted by molar-refractivity contribution is -0.0601. The summed E-state index contributed by atoms with van der Waals surface area (Å²) in [6.07, 6.45) is -3.14. The molecule has 0 aromatic carbocycles. The van der Waals surface area contributed by atoms with E-state index in [1.165, 1.54) is 11.8 Å². The van der Waals surface area contributed by atoms with Crippen molar-refractivity contribution >= 4 is 11.8 Å². The SMILES string of the molecule is CCS[C@@]1(CO)O[C@H](CO)[C@@H](O)[C@@H]1O. The Morgan fingerprint density at radius 3 is 2.36 bits per heavy atom. The summed E-state index contributed by atoms with van der Waals surface area (Å²) in [7, 11) is 0. The van der Waals surface area contributed by atoms with Crippen molar-refractivity contribution in [3.63, 3.8) is 0 Å². The second kappa shape index (κ2) is 4.78. The van der Waals surface area contributed by atoms with Gasteiger partial charge >= 0.3 is 0 Å². The van der Waals surface area contributed by atoms with Crippen LogP contribution in [-0.2, 0) is 4.74 Å². The minimum atomic E-state index is -1.19.